The van der Waals surface area contributed by atoms with E-state index >= 15 is 0 Å². The van der Waals surface area contributed by atoms with E-state index in [1.165, 1.54) is 24.0 Å². The van der Waals surface area contributed by atoms with Gasteiger partial charge in [0, 0.05) is 48.4 Å². The molecule has 1 aliphatic heterocycles. The summed E-state index contributed by atoms with van der Waals surface area (Å²) in [5.74, 6) is 0. The van der Waals surface area contributed by atoms with E-state index in [2.05, 4.69) is 53.3 Å². The van der Waals surface area contributed by atoms with Crippen LogP contribution in [-0.2, 0) is 13.1 Å². The highest BCUT2D eigenvalue weighted by molar-refractivity contribution is 5.61. The molecule has 1 fully saturated rings. The maximum Gasteiger partial charge on any atom is 0.0983 e. The Kier molecular flexibility index (Phi) is 6.07. The molecule has 0 amide bonds. The Morgan fingerprint density at radius 1 is 1.10 bits per heavy atom. The van der Waals surface area contributed by atoms with Crippen molar-refractivity contribution in [1.29, 1.82) is 0 Å². The molecule has 5 heteroatoms. The van der Waals surface area contributed by atoms with E-state index in [0.29, 0.717) is 0 Å². The van der Waals surface area contributed by atoms with Gasteiger partial charge in [-0.1, -0.05) is 30.3 Å². The summed E-state index contributed by atoms with van der Waals surface area (Å²) in [5.41, 5.74) is 4.71. The molecule has 2 aromatic heterocycles. The van der Waals surface area contributed by atoms with Gasteiger partial charge in [0.2, 0.25) is 0 Å². The summed E-state index contributed by atoms with van der Waals surface area (Å²) < 4.78 is 2.05. The Hall–Kier alpha value is -2.50. The Balaban J connectivity index is 1.62. The SMILES string of the molecule is CC1(CCCO)CCCN1Cc1cn(Cc2ccccc2)nc1-c1cccnc1. The molecular weight excluding hydrogens is 360 g/mol. The summed E-state index contributed by atoms with van der Waals surface area (Å²) in [7, 11) is 0. The third kappa shape index (κ3) is 4.57. The van der Waals surface area contributed by atoms with E-state index in [1.54, 1.807) is 6.20 Å². The highest BCUT2D eigenvalue weighted by atomic mass is 16.2. The maximum absolute atomic E-state index is 9.31. The standard InChI is InChI=1S/C24H30N4O/c1-24(12-7-15-29)11-6-14-27(24)18-22-19-28(17-20-8-3-2-4-9-20)26-23(22)21-10-5-13-25-16-21/h2-5,8-10,13,16,19,29H,6-7,11-12,14-15,17-18H2,1H3. The fraction of sp³-hybridized carbons (Fsp3) is 0.417. The van der Waals surface area contributed by atoms with E-state index < -0.39 is 0 Å². The summed E-state index contributed by atoms with van der Waals surface area (Å²) in [6.07, 6.45) is 10.2. The first-order valence-electron chi connectivity index (χ1n) is 10.5. The number of aliphatic hydroxyl groups is 1. The highest BCUT2D eigenvalue weighted by Gasteiger charge is 2.36. The Morgan fingerprint density at radius 2 is 1.97 bits per heavy atom. The zero-order valence-electron chi connectivity index (χ0n) is 17.2. The number of rotatable bonds is 8. The van der Waals surface area contributed by atoms with Gasteiger partial charge in [0.25, 0.3) is 0 Å². The molecule has 1 unspecified atom stereocenters. The minimum atomic E-state index is 0.149. The van der Waals surface area contributed by atoms with Crippen LogP contribution in [0.1, 0.15) is 43.7 Å². The van der Waals surface area contributed by atoms with E-state index in [-0.39, 0.29) is 12.1 Å². The topological polar surface area (TPSA) is 54.2 Å². The molecule has 4 rings (SSSR count). The zero-order chi connectivity index (χ0) is 20.1. The number of nitrogens with zero attached hydrogens (tertiary/aromatic N) is 4. The minimum Gasteiger partial charge on any atom is -0.396 e. The molecule has 0 radical (unpaired) electrons. The molecular formula is C24H30N4O. The molecule has 1 aliphatic rings. The summed E-state index contributed by atoms with van der Waals surface area (Å²) in [6, 6.07) is 14.5. The lowest BCUT2D eigenvalue weighted by Gasteiger charge is -2.35. The van der Waals surface area contributed by atoms with Crippen molar-refractivity contribution in [3.8, 4) is 11.3 Å². The number of pyridine rings is 1. The first-order chi connectivity index (χ1) is 14.2. The monoisotopic (exact) mass is 390 g/mol. The second kappa shape index (κ2) is 8.89. The third-order valence-electron chi connectivity index (χ3n) is 6.10. The van der Waals surface area contributed by atoms with Crippen LogP contribution in [0.25, 0.3) is 11.3 Å². The molecule has 1 atom stereocenters. The Labute approximate surface area is 173 Å². The van der Waals surface area contributed by atoms with Crippen LogP contribution in [0.15, 0.2) is 61.1 Å². The van der Waals surface area contributed by atoms with Gasteiger partial charge in [-0.05, 0) is 56.8 Å². The van der Waals surface area contributed by atoms with Gasteiger partial charge in [0.05, 0.1) is 12.2 Å². The molecule has 0 spiro atoms. The maximum atomic E-state index is 9.31. The van der Waals surface area contributed by atoms with E-state index in [4.69, 9.17) is 5.10 Å². The molecule has 0 bridgehead atoms. The van der Waals surface area contributed by atoms with Gasteiger partial charge >= 0.3 is 0 Å². The van der Waals surface area contributed by atoms with Crippen LogP contribution >= 0.6 is 0 Å². The molecule has 1 aromatic carbocycles. The quantitative estimate of drug-likeness (QED) is 0.629. The van der Waals surface area contributed by atoms with Gasteiger partial charge in [-0.2, -0.15) is 5.10 Å². The molecule has 29 heavy (non-hydrogen) atoms. The van der Waals surface area contributed by atoms with Crippen LogP contribution in [0.5, 0.6) is 0 Å². The van der Waals surface area contributed by atoms with Crippen molar-refractivity contribution in [1.82, 2.24) is 19.7 Å². The summed E-state index contributed by atoms with van der Waals surface area (Å²) in [5, 5.41) is 14.3. The van der Waals surface area contributed by atoms with Crippen LogP contribution in [0, 0.1) is 0 Å². The molecule has 3 aromatic rings. The number of hydrogen-bond acceptors (Lipinski definition) is 4. The molecule has 0 saturated carbocycles. The molecule has 1 N–H and O–H groups in total. The third-order valence-corrected chi connectivity index (χ3v) is 6.10. The molecule has 0 aliphatic carbocycles. The van der Waals surface area contributed by atoms with Gasteiger partial charge in [-0.25, -0.2) is 0 Å². The summed E-state index contributed by atoms with van der Waals surface area (Å²) in [4.78, 5) is 6.88. The predicted octanol–water partition coefficient (Wildman–Crippen LogP) is 4.12. The highest BCUT2D eigenvalue weighted by Crippen LogP contribution is 2.35. The minimum absolute atomic E-state index is 0.149. The first-order valence-corrected chi connectivity index (χ1v) is 10.5. The van der Waals surface area contributed by atoms with E-state index in [1.807, 2.05) is 23.0 Å². The number of hydrogen-bond donors (Lipinski definition) is 1. The van der Waals surface area contributed by atoms with E-state index in [9.17, 15) is 5.11 Å². The van der Waals surface area contributed by atoms with Crippen molar-refractivity contribution >= 4 is 0 Å². The average molecular weight is 391 g/mol. The van der Waals surface area contributed by atoms with Crippen LogP contribution < -0.4 is 0 Å². The van der Waals surface area contributed by atoms with Gasteiger partial charge in [0.1, 0.15) is 0 Å². The number of aliphatic hydroxyl groups excluding tert-OH is 1. The predicted molar refractivity (Wildman–Crippen MR) is 115 cm³/mol. The van der Waals surface area contributed by atoms with Crippen molar-refractivity contribution in [2.75, 3.05) is 13.2 Å². The fourth-order valence-corrected chi connectivity index (χ4v) is 4.47. The Bertz CT molecular complexity index is 909. The van der Waals surface area contributed by atoms with Crippen LogP contribution in [0.4, 0.5) is 0 Å². The largest absolute Gasteiger partial charge is 0.396 e. The number of likely N-dealkylation sites (tertiary alicyclic amines) is 1. The second-order valence-electron chi connectivity index (χ2n) is 8.28. The lowest BCUT2D eigenvalue weighted by molar-refractivity contribution is 0.125. The molecule has 1 saturated heterocycles. The van der Waals surface area contributed by atoms with Gasteiger partial charge in [0.15, 0.2) is 0 Å². The summed E-state index contributed by atoms with van der Waals surface area (Å²) >= 11 is 0. The van der Waals surface area contributed by atoms with Gasteiger partial charge in [-0.15, -0.1) is 0 Å². The number of benzene rings is 1. The normalized spacial score (nSPS) is 19.7. The smallest absolute Gasteiger partial charge is 0.0983 e. The van der Waals surface area contributed by atoms with Crippen molar-refractivity contribution in [2.45, 2.75) is 51.2 Å². The average Bonchev–Trinajstić information content (AvgIpc) is 3.32. The fourth-order valence-electron chi connectivity index (χ4n) is 4.47. The number of aromatic nitrogens is 3. The van der Waals surface area contributed by atoms with Crippen molar-refractivity contribution in [2.24, 2.45) is 0 Å². The van der Waals surface area contributed by atoms with Crippen molar-refractivity contribution in [3.05, 3.63) is 72.2 Å². The Morgan fingerprint density at radius 3 is 2.72 bits per heavy atom. The molecule has 5 nitrogen and oxygen atoms in total. The lowest BCUT2D eigenvalue weighted by atomic mass is 9.92. The second-order valence-corrected chi connectivity index (χ2v) is 8.28. The van der Waals surface area contributed by atoms with Crippen molar-refractivity contribution in [3.63, 3.8) is 0 Å². The van der Waals surface area contributed by atoms with Crippen LogP contribution in [-0.4, -0.2) is 43.5 Å². The zero-order valence-corrected chi connectivity index (χ0v) is 17.2. The summed E-state index contributed by atoms with van der Waals surface area (Å²) in [6.45, 7) is 5.34. The van der Waals surface area contributed by atoms with Crippen LogP contribution in [0.3, 0.4) is 0 Å². The van der Waals surface area contributed by atoms with Crippen molar-refractivity contribution < 1.29 is 5.11 Å². The molecule has 3 heterocycles. The van der Waals surface area contributed by atoms with E-state index in [0.717, 1.165) is 43.7 Å². The first kappa shape index (κ1) is 19.8. The van der Waals surface area contributed by atoms with Gasteiger partial charge < -0.3 is 5.11 Å². The lowest BCUT2D eigenvalue weighted by Crippen LogP contribution is -2.40. The molecule has 152 valence electrons. The van der Waals surface area contributed by atoms with Crippen LogP contribution in [0.2, 0.25) is 0 Å². The van der Waals surface area contributed by atoms with Gasteiger partial charge in [-0.3, -0.25) is 14.6 Å².